The van der Waals surface area contributed by atoms with Crippen LogP contribution in [0.1, 0.15) is 38.1 Å². The van der Waals surface area contributed by atoms with Gasteiger partial charge in [0, 0.05) is 0 Å². The Morgan fingerprint density at radius 1 is 1.28 bits per heavy atom. The van der Waals surface area contributed by atoms with E-state index in [1.165, 1.54) is 5.56 Å². The summed E-state index contributed by atoms with van der Waals surface area (Å²) in [4.78, 5) is 8.79. The average Bonchev–Trinajstić information content (AvgIpc) is 2.35. The van der Waals surface area contributed by atoms with Gasteiger partial charge in [-0.15, -0.1) is 0 Å². The highest BCUT2D eigenvalue weighted by atomic mass is 16.3. The molecule has 0 spiro atoms. The number of hydrogen-bond donors (Lipinski definition) is 2. The Morgan fingerprint density at radius 3 is 2.61 bits per heavy atom. The van der Waals surface area contributed by atoms with Crippen LogP contribution in [-0.4, -0.2) is 21.7 Å². The van der Waals surface area contributed by atoms with Crippen molar-refractivity contribution in [2.75, 3.05) is 6.61 Å². The normalized spacial score (nSPS) is 13.8. The summed E-state index contributed by atoms with van der Waals surface area (Å²) in [5, 5.41) is 9.02. The number of aliphatic hydroxyl groups is 1. The first-order valence-corrected chi connectivity index (χ1v) is 6.05. The Labute approximate surface area is 107 Å². The molecule has 2 rings (SSSR count). The van der Waals surface area contributed by atoms with E-state index >= 15 is 0 Å². The highest BCUT2D eigenvalue weighted by Crippen LogP contribution is 2.24. The molecular formula is C14H19N3O. The first-order chi connectivity index (χ1) is 8.41. The molecule has 0 bridgehead atoms. The number of rotatable bonds is 2. The first kappa shape index (κ1) is 12.9. The van der Waals surface area contributed by atoms with Gasteiger partial charge < -0.3 is 10.8 Å². The predicted octanol–water partition coefficient (Wildman–Crippen LogP) is 1.92. The highest BCUT2D eigenvalue weighted by molar-refractivity contribution is 5.75. The fourth-order valence-corrected chi connectivity index (χ4v) is 1.76. The molecule has 0 radical (unpaired) electrons. The fraction of sp³-hybridized carbons (Fsp3) is 0.429. The zero-order chi connectivity index (χ0) is 13.3. The quantitative estimate of drug-likeness (QED) is 0.848. The van der Waals surface area contributed by atoms with Crippen molar-refractivity contribution in [3.8, 4) is 0 Å². The summed E-state index contributed by atoms with van der Waals surface area (Å²) in [6.07, 6.45) is 1.63. The number of fused-ring (bicyclic) bond motifs is 1. The molecule has 96 valence electrons. The lowest BCUT2D eigenvalue weighted by molar-refractivity contribution is 0.266. The van der Waals surface area contributed by atoms with Crippen molar-refractivity contribution in [2.45, 2.75) is 32.2 Å². The number of hydrogen-bond acceptors (Lipinski definition) is 4. The number of benzene rings is 1. The molecular weight excluding hydrogens is 226 g/mol. The number of nitrogens with two attached hydrogens (primary N) is 1. The molecule has 1 heterocycles. The molecule has 3 N–H and O–H groups in total. The summed E-state index contributed by atoms with van der Waals surface area (Å²) in [6, 6.07) is 5.60. The van der Waals surface area contributed by atoms with Crippen LogP contribution in [0.4, 0.5) is 0 Å². The monoisotopic (exact) mass is 245 g/mol. The third-order valence-electron chi connectivity index (χ3n) is 3.00. The Hall–Kier alpha value is -1.52. The molecule has 0 unspecified atom stereocenters. The van der Waals surface area contributed by atoms with Crippen LogP contribution >= 0.6 is 0 Å². The van der Waals surface area contributed by atoms with Crippen LogP contribution in [0.2, 0.25) is 0 Å². The highest BCUT2D eigenvalue weighted by Gasteiger charge is 2.15. The third kappa shape index (κ3) is 2.49. The van der Waals surface area contributed by atoms with E-state index in [9.17, 15) is 0 Å². The van der Waals surface area contributed by atoms with Crippen molar-refractivity contribution in [3.63, 3.8) is 0 Å². The molecule has 1 aromatic heterocycles. The maximum atomic E-state index is 9.02. The van der Waals surface area contributed by atoms with Gasteiger partial charge in [-0.05, 0) is 23.1 Å². The van der Waals surface area contributed by atoms with Crippen LogP contribution in [-0.2, 0) is 5.41 Å². The van der Waals surface area contributed by atoms with Gasteiger partial charge in [-0.2, -0.15) is 0 Å². The molecule has 0 aliphatic heterocycles. The zero-order valence-corrected chi connectivity index (χ0v) is 11.0. The molecule has 1 atom stereocenters. The third-order valence-corrected chi connectivity index (χ3v) is 3.00. The van der Waals surface area contributed by atoms with E-state index in [2.05, 4.69) is 42.9 Å². The maximum absolute atomic E-state index is 9.02. The van der Waals surface area contributed by atoms with Crippen molar-refractivity contribution in [2.24, 2.45) is 5.73 Å². The largest absolute Gasteiger partial charge is 0.394 e. The van der Waals surface area contributed by atoms with Gasteiger partial charge in [-0.3, -0.25) is 4.98 Å². The number of aromatic nitrogens is 2. The van der Waals surface area contributed by atoms with Gasteiger partial charge in [-0.25, -0.2) is 4.98 Å². The van der Waals surface area contributed by atoms with Crippen molar-refractivity contribution >= 4 is 11.0 Å². The van der Waals surface area contributed by atoms with E-state index in [1.807, 2.05) is 6.07 Å². The van der Waals surface area contributed by atoms with Crippen molar-refractivity contribution in [1.29, 1.82) is 0 Å². The van der Waals surface area contributed by atoms with Gasteiger partial charge in [0.05, 0.1) is 35.6 Å². The lowest BCUT2D eigenvalue weighted by Gasteiger charge is -2.19. The van der Waals surface area contributed by atoms with Gasteiger partial charge in [0.15, 0.2) is 0 Å². The molecule has 18 heavy (non-hydrogen) atoms. The lowest BCUT2D eigenvalue weighted by atomic mass is 9.87. The summed E-state index contributed by atoms with van der Waals surface area (Å²) < 4.78 is 0. The molecule has 4 heteroatoms. The van der Waals surface area contributed by atoms with E-state index in [1.54, 1.807) is 6.20 Å². The van der Waals surface area contributed by atoms with Crippen LogP contribution < -0.4 is 5.73 Å². The average molecular weight is 245 g/mol. The summed E-state index contributed by atoms with van der Waals surface area (Å²) in [7, 11) is 0. The van der Waals surface area contributed by atoms with Crippen molar-refractivity contribution in [1.82, 2.24) is 9.97 Å². The SMILES string of the molecule is CC(C)(C)c1ccc2nc([C@H](N)CO)cnc2c1. The zero-order valence-electron chi connectivity index (χ0n) is 11.0. The Bertz CT molecular complexity index is 560. The van der Waals surface area contributed by atoms with Crippen LogP contribution in [0, 0.1) is 0 Å². The Balaban J connectivity index is 2.49. The van der Waals surface area contributed by atoms with E-state index < -0.39 is 6.04 Å². The topological polar surface area (TPSA) is 72.0 Å². The van der Waals surface area contributed by atoms with Crippen LogP contribution in [0.15, 0.2) is 24.4 Å². The van der Waals surface area contributed by atoms with Gasteiger partial charge in [0.1, 0.15) is 0 Å². The summed E-state index contributed by atoms with van der Waals surface area (Å²) in [6.45, 7) is 6.37. The van der Waals surface area contributed by atoms with Crippen molar-refractivity contribution in [3.05, 3.63) is 35.7 Å². The number of nitrogens with zero attached hydrogens (tertiary/aromatic N) is 2. The van der Waals surface area contributed by atoms with Crippen LogP contribution in [0.25, 0.3) is 11.0 Å². The fourth-order valence-electron chi connectivity index (χ4n) is 1.76. The maximum Gasteiger partial charge on any atom is 0.0891 e. The van der Waals surface area contributed by atoms with Crippen LogP contribution in [0.5, 0.6) is 0 Å². The van der Waals surface area contributed by atoms with Gasteiger partial charge in [0.25, 0.3) is 0 Å². The molecule has 1 aromatic carbocycles. The van der Waals surface area contributed by atoms with E-state index in [0.29, 0.717) is 5.69 Å². The van der Waals surface area contributed by atoms with Crippen LogP contribution in [0.3, 0.4) is 0 Å². The van der Waals surface area contributed by atoms with Gasteiger partial charge in [-0.1, -0.05) is 26.8 Å². The minimum Gasteiger partial charge on any atom is -0.394 e. The van der Waals surface area contributed by atoms with Gasteiger partial charge >= 0.3 is 0 Å². The minimum absolute atomic E-state index is 0.0933. The molecule has 0 saturated carbocycles. The summed E-state index contributed by atoms with van der Waals surface area (Å²) in [5.41, 5.74) is 9.34. The second-order valence-electron chi connectivity index (χ2n) is 5.54. The van der Waals surface area contributed by atoms with E-state index in [4.69, 9.17) is 10.8 Å². The van der Waals surface area contributed by atoms with E-state index in [-0.39, 0.29) is 12.0 Å². The molecule has 0 amide bonds. The Morgan fingerprint density at radius 2 is 2.00 bits per heavy atom. The molecule has 4 nitrogen and oxygen atoms in total. The smallest absolute Gasteiger partial charge is 0.0891 e. The second-order valence-corrected chi connectivity index (χ2v) is 5.54. The molecule has 2 aromatic rings. The molecule has 0 aliphatic rings. The standard InChI is InChI=1S/C14H19N3O/c1-14(2,3)9-4-5-11-12(6-9)16-7-13(17-11)10(15)8-18/h4-7,10,18H,8,15H2,1-3H3/t10-/m1/s1. The first-order valence-electron chi connectivity index (χ1n) is 6.05. The predicted molar refractivity (Wildman–Crippen MR) is 72.3 cm³/mol. The summed E-state index contributed by atoms with van der Waals surface area (Å²) >= 11 is 0. The molecule has 0 saturated heterocycles. The van der Waals surface area contributed by atoms with Gasteiger partial charge in [0.2, 0.25) is 0 Å². The lowest BCUT2D eigenvalue weighted by Crippen LogP contribution is -2.16. The molecule has 0 aliphatic carbocycles. The second kappa shape index (κ2) is 4.63. The summed E-state index contributed by atoms with van der Waals surface area (Å²) in [5.74, 6) is 0. The van der Waals surface area contributed by atoms with Crippen molar-refractivity contribution < 1.29 is 5.11 Å². The molecule has 0 fully saturated rings. The number of aliphatic hydroxyl groups excluding tert-OH is 1. The Kier molecular flexibility index (Phi) is 3.32. The van der Waals surface area contributed by atoms with E-state index in [0.717, 1.165) is 11.0 Å². The minimum atomic E-state index is -0.468.